The van der Waals surface area contributed by atoms with Crippen LogP contribution in [0.2, 0.25) is 0 Å². The summed E-state index contributed by atoms with van der Waals surface area (Å²) in [5.41, 5.74) is 1.38. The molecule has 0 radical (unpaired) electrons. The van der Waals surface area contributed by atoms with Gasteiger partial charge in [-0.1, -0.05) is 30.3 Å². The zero-order chi connectivity index (χ0) is 18.4. The predicted molar refractivity (Wildman–Crippen MR) is 104 cm³/mol. The van der Waals surface area contributed by atoms with Gasteiger partial charge in [-0.2, -0.15) is 0 Å². The lowest BCUT2D eigenvalue weighted by Crippen LogP contribution is -2.53. The number of ether oxygens (including phenoxy) is 1. The minimum atomic E-state index is -0.148. The minimum Gasteiger partial charge on any atom is -0.450 e. The summed E-state index contributed by atoms with van der Waals surface area (Å²) in [6.45, 7) is 7.33. The van der Waals surface area contributed by atoms with Crippen LogP contribution in [0.5, 0.6) is 0 Å². The Labute approximate surface area is 157 Å². The van der Waals surface area contributed by atoms with E-state index in [1.165, 1.54) is 24.9 Å². The number of carbonyl (C=O) groups excluding carboxylic acids is 1. The molecular weight excluding hydrogens is 326 g/mol. The average Bonchev–Trinajstić information content (AvgIpc) is 2.69. The van der Waals surface area contributed by atoms with E-state index in [2.05, 4.69) is 47.2 Å². The summed E-state index contributed by atoms with van der Waals surface area (Å²) in [5, 5.41) is 0. The van der Waals surface area contributed by atoms with Gasteiger partial charge >= 0.3 is 6.09 Å². The zero-order valence-electron chi connectivity index (χ0n) is 16.3. The molecule has 1 amide bonds. The predicted octanol–water partition coefficient (Wildman–Crippen LogP) is 3.20. The number of piperidine rings is 2. The van der Waals surface area contributed by atoms with Gasteiger partial charge in [0.2, 0.25) is 0 Å². The lowest BCUT2D eigenvalue weighted by molar-refractivity contribution is 0.0438. The van der Waals surface area contributed by atoms with Crippen LogP contribution in [0.25, 0.3) is 0 Å². The van der Waals surface area contributed by atoms with Crippen molar-refractivity contribution in [1.82, 2.24) is 14.7 Å². The molecular formula is C21H33N3O2. The lowest BCUT2D eigenvalue weighted by atomic mass is 9.97. The molecule has 2 fully saturated rings. The Balaban J connectivity index is 1.48. The van der Waals surface area contributed by atoms with Crippen molar-refractivity contribution in [2.24, 2.45) is 0 Å². The monoisotopic (exact) mass is 359 g/mol. The van der Waals surface area contributed by atoms with Gasteiger partial charge in [0.05, 0.1) is 6.61 Å². The van der Waals surface area contributed by atoms with Gasteiger partial charge in [-0.25, -0.2) is 4.79 Å². The molecule has 0 unspecified atom stereocenters. The van der Waals surface area contributed by atoms with Crippen LogP contribution in [-0.2, 0) is 11.3 Å². The maximum absolute atomic E-state index is 11.9. The van der Waals surface area contributed by atoms with Crippen LogP contribution in [0, 0.1) is 0 Å². The topological polar surface area (TPSA) is 36.0 Å². The van der Waals surface area contributed by atoms with Gasteiger partial charge in [0.15, 0.2) is 0 Å². The molecule has 1 atom stereocenters. The summed E-state index contributed by atoms with van der Waals surface area (Å²) in [5.74, 6) is 0. The number of likely N-dealkylation sites (tertiary alicyclic amines) is 2. The van der Waals surface area contributed by atoms with E-state index in [0.29, 0.717) is 18.7 Å². The Hall–Kier alpha value is -1.59. The van der Waals surface area contributed by atoms with Gasteiger partial charge in [-0.05, 0) is 51.8 Å². The largest absolute Gasteiger partial charge is 0.450 e. The molecule has 2 aliphatic heterocycles. The first kappa shape index (κ1) is 19.2. The van der Waals surface area contributed by atoms with Gasteiger partial charge in [-0.3, -0.25) is 9.80 Å². The van der Waals surface area contributed by atoms with Crippen molar-refractivity contribution in [2.45, 2.75) is 51.2 Å². The number of benzene rings is 1. The smallest absolute Gasteiger partial charge is 0.409 e. The molecule has 2 saturated heterocycles. The van der Waals surface area contributed by atoms with Crippen molar-refractivity contribution in [3.63, 3.8) is 0 Å². The van der Waals surface area contributed by atoms with E-state index in [1.54, 1.807) is 0 Å². The molecule has 144 valence electrons. The van der Waals surface area contributed by atoms with Crippen LogP contribution in [0.4, 0.5) is 4.79 Å². The van der Waals surface area contributed by atoms with E-state index in [9.17, 15) is 4.79 Å². The highest BCUT2D eigenvalue weighted by atomic mass is 16.6. The average molecular weight is 360 g/mol. The van der Waals surface area contributed by atoms with E-state index in [0.717, 1.165) is 39.0 Å². The second kappa shape index (κ2) is 9.38. The van der Waals surface area contributed by atoms with Gasteiger partial charge in [-0.15, -0.1) is 0 Å². The highest BCUT2D eigenvalue weighted by Crippen LogP contribution is 2.24. The quantitative estimate of drug-likeness (QED) is 0.809. The highest BCUT2D eigenvalue weighted by molar-refractivity contribution is 5.67. The van der Waals surface area contributed by atoms with E-state index in [-0.39, 0.29) is 6.09 Å². The molecule has 5 heteroatoms. The molecule has 1 aromatic carbocycles. The van der Waals surface area contributed by atoms with Crippen molar-refractivity contribution in [3.05, 3.63) is 35.9 Å². The summed E-state index contributed by atoms with van der Waals surface area (Å²) in [6, 6.07) is 12.0. The summed E-state index contributed by atoms with van der Waals surface area (Å²) in [7, 11) is 2.25. The molecule has 0 saturated carbocycles. The van der Waals surface area contributed by atoms with E-state index >= 15 is 0 Å². The first-order valence-corrected chi connectivity index (χ1v) is 10.1. The lowest BCUT2D eigenvalue weighted by Gasteiger charge is -2.44. The SMILES string of the molecule is CCOC(=O)N1CCC(N2CCC[C@H](N(C)Cc3ccccc3)C2)CC1. The first-order chi connectivity index (χ1) is 12.7. The molecule has 0 spiro atoms. The van der Waals surface area contributed by atoms with Gasteiger partial charge in [0.25, 0.3) is 0 Å². The van der Waals surface area contributed by atoms with Crippen molar-refractivity contribution in [1.29, 1.82) is 0 Å². The highest BCUT2D eigenvalue weighted by Gasteiger charge is 2.31. The zero-order valence-corrected chi connectivity index (χ0v) is 16.3. The summed E-state index contributed by atoms with van der Waals surface area (Å²) in [4.78, 5) is 18.9. The molecule has 0 bridgehead atoms. The Bertz CT molecular complexity index is 558. The van der Waals surface area contributed by atoms with E-state index in [4.69, 9.17) is 4.74 Å². The number of carbonyl (C=O) groups is 1. The van der Waals surface area contributed by atoms with Crippen LogP contribution in [0.1, 0.15) is 38.2 Å². The molecule has 0 aliphatic carbocycles. The summed E-state index contributed by atoms with van der Waals surface area (Å²) < 4.78 is 5.13. The summed E-state index contributed by atoms with van der Waals surface area (Å²) >= 11 is 0. The molecule has 2 aliphatic rings. The van der Waals surface area contributed by atoms with E-state index < -0.39 is 0 Å². The van der Waals surface area contributed by atoms with Gasteiger partial charge < -0.3 is 9.64 Å². The van der Waals surface area contributed by atoms with Crippen LogP contribution in [0.3, 0.4) is 0 Å². The summed E-state index contributed by atoms with van der Waals surface area (Å²) in [6.07, 6.45) is 4.52. The second-order valence-electron chi connectivity index (χ2n) is 7.61. The standard InChI is InChI=1S/C21H33N3O2/c1-3-26-21(25)23-14-11-19(12-15-23)24-13-7-10-20(17-24)22(2)16-18-8-5-4-6-9-18/h4-6,8-9,19-20H,3,7,10-17H2,1-2H3/t20-/m0/s1. The molecule has 1 aromatic rings. The normalized spacial score (nSPS) is 22.6. The molecule has 5 nitrogen and oxygen atoms in total. The maximum Gasteiger partial charge on any atom is 0.409 e. The third-order valence-corrected chi connectivity index (χ3v) is 5.83. The van der Waals surface area contributed by atoms with Crippen molar-refractivity contribution in [2.75, 3.05) is 39.8 Å². The fourth-order valence-corrected chi connectivity index (χ4v) is 4.30. The second-order valence-corrected chi connectivity index (χ2v) is 7.61. The van der Waals surface area contributed by atoms with Crippen molar-refractivity contribution < 1.29 is 9.53 Å². The third kappa shape index (κ3) is 4.98. The molecule has 3 rings (SSSR count). The first-order valence-electron chi connectivity index (χ1n) is 10.1. The van der Waals surface area contributed by atoms with Gasteiger partial charge in [0.1, 0.15) is 0 Å². The number of nitrogens with zero attached hydrogens (tertiary/aromatic N) is 3. The minimum absolute atomic E-state index is 0.148. The van der Waals surface area contributed by atoms with Crippen LogP contribution in [0.15, 0.2) is 30.3 Å². The van der Waals surface area contributed by atoms with Crippen LogP contribution >= 0.6 is 0 Å². The number of likely N-dealkylation sites (N-methyl/N-ethyl adjacent to an activating group) is 1. The number of amides is 1. The fraction of sp³-hybridized carbons (Fsp3) is 0.667. The molecule has 0 aromatic heterocycles. The van der Waals surface area contributed by atoms with Crippen molar-refractivity contribution in [3.8, 4) is 0 Å². The number of hydrogen-bond acceptors (Lipinski definition) is 4. The van der Waals surface area contributed by atoms with E-state index in [1.807, 2.05) is 11.8 Å². The van der Waals surface area contributed by atoms with Crippen LogP contribution < -0.4 is 0 Å². The fourth-order valence-electron chi connectivity index (χ4n) is 4.30. The Morgan fingerprint density at radius 2 is 1.88 bits per heavy atom. The third-order valence-electron chi connectivity index (χ3n) is 5.83. The maximum atomic E-state index is 11.9. The Kier molecular flexibility index (Phi) is 6.92. The van der Waals surface area contributed by atoms with Gasteiger partial charge in [0, 0.05) is 38.3 Å². The Morgan fingerprint density at radius 3 is 2.58 bits per heavy atom. The molecule has 26 heavy (non-hydrogen) atoms. The Morgan fingerprint density at radius 1 is 1.15 bits per heavy atom. The molecule has 0 N–H and O–H groups in total. The number of hydrogen-bond donors (Lipinski definition) is 0. The van der Waals surface area contributed by atoms with Crippen LogP contribution in [-0.4, -0.2) is 72.7 Å². The number of rotatable bonds is 5. The van der Waals surface area contributed by atoms with Crippen molar-refractivity contribution >= 4 is 6.09 Å². The molecule has 2 heterocycles.